The first-order valence-corrected chi connectivity index (χ1v) is 3.59. The summed E-state index contributed by atoms with van der Waals surface area (Å²) in [7, 11) is 0. The van der Waals surface area contributed by atoms with Crippen LogP contribution < -0.4 is 0 Å². The molecule has 0 aromatic heterocycles. The standard InChI is InChI=1S/C7H15NO2/c1-4-5-8(6(2)3)7(9)10/h6H,4-5H2,1-3H3,(H,9,10). The minimum Gasteiger partial charge on any atom is -0.465 e. The van der Waals surface area contributed by atoms with Gasteiger partial charge in [-0.1, -0.05) is 6.92 Å². The van der Waals surface area contributed by atoms with E-state index in [1.54, 1.807) is 0 Å². The van der Waals surface area contributed by atoms with Crippen molar-refractivity contribution in [2.45, 2.75) is 33.2 Å². The summed E-state index contributed by atoms with van der Waals surface area (Å²) in [6.45, 7) is 6.36. The number of rotatable bonds is 3. The second-order valence-corrected chi connectivity index (χ2v) is 2.57. The molecule has 0 aromatic carbocycles. The number of hydrogen-bond donors (Lipinski definition) is 1. The molecular weight excluding hydrogens is 130 g/mol. The molecule has 0 saturated heterocycles. The zero-order valence-corrected chi connectivity index (χ0v) is 6.79. The average molecular weight is 145 g/mol. The summed E-state index contributed by atoms with van der Waals surface area (Å²) in [5.41, 5.74) is 0. The first-order chi connectivity index (χ1) is 4.59. The molecule has 0 aliphatic heterocycles. The van der Waals surface area contributed by atoms with Crippen LogP contribution in [-0.2, 0) is 0 Å². The largest absolute Gasteiger partial charge is 0.465 e. The molecule has 1 amide bonds. The highest BCUT2D eigenvalue weighted by atomic mass is 16.4. The lowest BCUT2D eigenvalue weighted by Gasteiger charge is -2.22. The van der Waals surface area contributed by atoms with Gasteiger partial charge in [-0.3, -0.25) is 0 Å². The molecule has 0 aliphatic carbocycles. The Balaban J connectivity index is 3.85. The third-order valence-electron chi connectivity index (χ3n) is 1.33. The molecule has 0 radical (unpaired) electrons. The fourth-order valence-corrected chi connectivity index (χ4v) is 0.816. The lowest BCUT2D eigenvalue weighted by Crippen LogP contribution is -2.36. The van der Waals surface area contributed by atoms with Crippen LogP contribution in [0.3, 0.4) is 0 Å². The van der Waals surface area contributed by atoms with E-state index in [-0.39, 0.29) is 6.04 Å². The zero-order valence-electron chi connectivity index (χ0n) is 6.79. The van der Waals surface area contributed by atoms with Gasteiger partial charge in [-0.05, 0) is 20.3 Å². The van der Waals surface area contributed by atoms with Gasteiger partial charge in [-0.2, -0.15) is 0 Å². The Morgan fingerprint density at radius 2 is 2.10 bits per heavy atom. The van der Waals surface area contributed by atoms with E-state index in [0.717, 1.165) is 6.42 Å². The quantitative estimate of drug-likeness (QED) is 0.657. The van der Waals surface area contributed by atoms with Crippen LogP contribution in [0.5, 0.6) is 0 Å². The molecule has 0 bridgehead atoms. The summed E-state index contributed by atoms with van der Waals surface area (Å²) in [6.07, 6.45) is 0.0571. The molecule has 1 N–H and O–H groups in total. The Hall–Kier alpha value is -0.730. The summed E-state index contributed by atoms with van der Waals surface area (Å²) >= 11 is 0. The molecule has 10 heavy (non-hydrogen) atoms. The van der Waals surface area contributed by atoms with Crippen molar-refractivity contribution in [3.05, 3.63) is 0 Å². The van der Waals surface area contributed by atoms with Crippen LogP contribution in [0, 0.1) is 0 Å². The monoisotopic (exact) mass is 145 g/mol. The number of carboxylic acid groups (broad SMARTS) is 1. The smallest absolute Gasteiger partial charge is 0.407 e. The van der Waals surface area contributed by atoms with E-state index < -0.39 is 6.09 Å². The van der Waals surface area contributed by atoms with Crippen LogP contribution in [0.15, 0.2) is 0 Å². The predicted octanol–water partition coefficient (Wildman–Crippen LogP) is 1.78. The van der Waals surface area contributed by atoms with E-state index in [0.29, 0.717) is 6.54 Å². The first-order valence-electron chi connectivity index (χ1n) is 3.59. The fraction of sp³-hybridized carbons (Fsp3) is 0.857. The first kappa shape index (κ1) is 9.27. The Labute approximate surface area is 61.6 Å². The van der Waals surface area contributed by atoms with E-state index in [1.807, 2.05) is 20.8 Å². The van der Waals surface area contributed by atoms with Crippen molar-refractivity contribution >= 4 is 6.09 Å². The van der Waals surface area contributed by atoms with Crippen molar-refractivity contribution in [1.29, 1.82) is 0 Å². The molecule has 0 spiro atoms. The summed E-state index contributed by atoms with van der Waals surface area (Å²) in [5, 5.41) is 8.60. The Morgan fingerprint density at radius 1 is 1.60 bits per heavy atom. The Kier molecular flexibility index (Phi) is 3.84. The maximum absolute atomic E-state index is 10.5. The summed E-state index contributed by atoms with van der Waals surface area (Å²) in [4.78, 5) is 11.9. The molecule has 0 rings (SSSR count). The van der Waals surface area contributed by atoms with Gasteiger partial charge in [0.05, 0.1) is 0 Å². The van der Waals surface area contributed by atoms with Crippen LogP contribution in [-0.4, -0.2) is 28.7 Å². The highest BCUT2D eigenvalue weighted by Gasteiger charge is 2.12. The number of nitrogens with zero attached hydrogens (tertiary/aromatic N) is 1. The summed E-state index contributed by atoms with van der Waals surface area (Å²) in [5.74, 6) is 0. The van der Waals surface area contributed by atoms with Gasteiger partial charge in [-0.25, -0.2) is 4.79 Å². The predicted molar refractivity (Wildman–Crippen MR) is 40.2 cm³/mol. The average Bonchev–Trinajstić information content (AvgIpc) is 1.81. The molecule has 0 aliphatic rings. The van der Waals surface area contributed by atoms with Gasteiger partial charge in [0.1, 0.15) is 0 Å². The van der Waals surface area contributed by atoms with Crippen LogP contribution in [0.2, 0.25) is 0 Å². The van der Waals surface area contributed by atoms with E-state index in [4.69, 9.17) is 5.11 Å². The second-order valence-electron chi connectivity index (χ2n) is 2.57. The Bertz CT molecular complexity index is 112. The third kappa shape index (κ3) is 2.71. The van der Waals surface area contributed by atoms with Gasteiger partial charge < -0.3 is 10.0 Å². The van der Waals surface area contributed by atoms with Crippen LogP contribution >= 0.6 is 0 Å². The molecule has 3 nitrogen and oxygen atoms in total. The maximum Gasteiger partial charge on any atom is 0.407 e. The lowest BCUT2D eigenvalue weighted by atomic mass is 10.3. The SMILES string of the molecule is CCCN(C(=O)O)C(C)C. The van der Waals surface area contributed by atoms with Crippen molar-refractivity contribution in [3.63, 3.8) is 0 Å². The van der Waals surface area contributed by atoms with Crippen LogP contribution in [0.1, 0.15) is 27.2 Å². The van der Waals surface area contributed by atoms with Gasteiger partial charge in [0.15, 0.2) is 0 Å². The van der Waals surface area contributed by atoms with Crippen LogP contribution in [0.25, 0.3) is 0 Å². The molecule has 0 fully saturated rings. The molecule has 0 saturated carbocycles. The van der Waals surface area contributed by atoms with E-state index in [1.165, 1.54) is 4.90 Å². The third-order valence-corrected chi connectivity index (χ3v) is 1.33. The van der Waals surface area contributed by atoms with Gasteiger partial charge in [-0.15, -0.1) is 0 Å². The minimum absolute atomic E-state index is 0.0949. The van der Waals surface area contributed by atoms with Crippen molar-refractivity contribution in [1.82, 2.24) is 4.90 Å². The molecule has 0 heterocycles. The Morgan fingerprint density at radius 3 is 2.20 bits per heavy atom. The lowest BCUT2D eigenvalue weighted by molar-refractivity contribution is 0.132. The maximum atomic E-state index is 10.5. The van der Waals surface area contributed by atoms with Gasteiger partial charge in [0.25, 0.3) is 0 Å². The number of carbonyl (C=O) groups is 1. The molecule has 3 heteroatoms. The summed E-state index contributed by atoms with van der Waals surface area (Å²) < 4.78 is 0. The van der Waals surface area contributed by atoms with E-state index in [2.05, 4.69) is 0 Å². The normalized spacial score (nSPS) is 10.0. The second kappa shape index (κ2) is 4.14. The molecule has 0 aromatic rings. The zero-order chi connectivity index (χ0) is 8.15. The van der Waals surface area contributed by atoms with E-state index >= 15 is 0 Å². The minimum atomic E-state index is -0.822. The number of amides is 1. The van der Waals surface area contributed by atoms with Gasteiger partial charge >= 0.3 is 6.09 Å². The van der Waals surface area contributed by atoms with Crippen LogP contribution in [0.4, 0.5) is 4.79 Å². The molecule has 60 valence electrons. The molecule has 0 atom stereocenters. The van der Waals surface area contributed by atoms with Crippen molar-refractivity contribution in [2.75, 3.05) is 6.54 Å². The highest BCUT2D eigenvalue weighted by Crippen LogP contribution is 1.98. The van der Waals surface area contributed by atoms with Crippen molar-refractivity contribution in [2.24, 2.45) is 0 Å². The highest BCUT2D eigenvalue weighted by molar-refractivity contribution is 5.65. The van der Waals surface area contributed by atoms with E-state index in [9.17, 15) is 4.79 Å². The number of hydrogen-bond acceptors (Lipinski definition) is 1. The van der Waals surface area contributed by atoms with Gasteiger partial charge in [0, 0.05) is 12.6 Å². The summed E-state index contributed by atoms with van der Waals surface area (Å²) in [6, 6.07) is 0.0949. The topological polar surface area (TPSA) is 40.5 Å². The van der Waals surface area contributed by atoms with Gasteiger partial charge in [0.2, 0.25) is 0 Å². The fourth-order valence-electron chi connectivity index (χ4n) is 0.816. The van der Waals surface area contributed by atoms with Crippen molar-refractivity contribution in [3.8, 4) is 0 Å². The van der Waals surface area contributed by atoms with Crippen molar-refractivity contribution < 1.29 is 9.90 Å². The molecule has 0 unspecified atom stereocenters. The molecular formula is C7H15NO2.